The minimum Gasteiger partial charge on any atom is -0.379 e. The summed E-state index contributed by atoms with van der Waals surface area (Å²) >= 11 is 1.63. The van der Waals surface area contributed by atoms with Gasteiger partial charge in [0, 0.05) is 17.5 Å². The van der Waals surface area contributed by atoms with Crippen molar-refractivity contribution >= 4 is 11.8 Å². The fourth-order valence-corrected chi connectivity index (χ4v) is 3.56. The van der Waals surface area contributed by atoms with Crippen LogP contribution in [0.2, 0.25) is 0 Å². The largest absolute Gasteiger partial charge is 0.379 e. The lowest BCUT2D eigenvalue weighted by molar-refractivity contribution is 0.0759. The zero-order valence-corrected chi connectivity index (χ0v) is 13.1. The topological polar surface area (TPSA) is 21.3 Å². The summed E-state index contributed by atoms with van der Waals surface area (Å²) in [5.74, 6) is 0.909. The summed E-state index contributed by atoms with van der Waals surface area (Å²) in [4.78, 5) is 0.833. The standard InChI is InChI=1S/C16H24FNOS/c1-12(2)19-10-4-3-9-18-15-8-11-20-16-13(15)6-5-7-14(16)17/h5-7,12,15,18H,3-4,8-11H2,1-2H3. The van der Waals surface area contributed by atoms with Crippen molar-refractivity contribution in [3.63, 3.8) is 0 Å². The van der Waals surface area contributed by atoms with Gasteiger partial charge in [0.2, 0.25) is 0 Å². The van der Waals surface area contributed by atoms with Crippen molar-refractivity contribution in [2.45, 2.75) is 50.2 Å². The lowest BCUT2D eigenvalue weighted by Gasteiger charge is -2.26. The summed E-state index contributed by atoms with van der Waals surface area (Å²) < 4.78 is 19.3. The van der Waals surface area contributed by atoms with Crippen molar-refractivity contribution in [1.29, 1.82) is 0 Å². The van der Waals surface area contributed by atoms with Crippen LogP contribution in [0.3, 0.4) is 0 Å². The van der Waals surface area contributed by atoms with Crippen molar-refractivity contribution in [3.8, 4) is 0 Å². The van der Waals surface area contributed by atoms with E-state index in [1.165, 1.54) is 0 Å². The van der Waals surface area contributed by atoms with Gasteiger partial charge >= 0.3 is 0 Å². The molecule has 2 nitrogen and oxygen atoms in total. The molecule has 112 valence electrons. The van der Waals surface area contributed by atoms with E-state index in [-0.39, 0.29) is 5.82 Å². The predicted molar refractivity (Wildman–Crippen MR) is 82.8 cm³/mol. The molecule has 1 aromatic rings. The van der Waals surface area contributed by atoms with Gasteiger partial charge in [0.15, 0.2) is 0 Å². The first-order valence-corrected chi connectivity index (χ1v) is 8.43. The Morgan fingerprint density at radius 1 is 1.40 bits per heavy atom. The molecule has 1 aliphatic heterocycles. The maximum absolute atomic E-state index is 13.7. The number of hydrogen-bond donors (Lipinski definition) is 1. The van der Waals surface area contributed by atoms with Crippen LogP contribution in [-0.2, 0) is 4.74 Å². The minimum atomic E-state index is -0.0793. The highest BCUT2D eigenvalue weighted by molar-refractivity contribution is 7.99. The maximum atomic E-state index is 13.7. The molecule has 0 amide bonds. The first-order chi connectivity index (χ1) is 9.68. The van der Waals surface area contributed by atoms with Crippen LogP contribution < -0.4 is 5.32 Å². The van der Waals surface area contributed by atoms with E-state index in [1.807, 2.05) is 12.1 Å². The van der Waals surface area contributed by atoms with Crippen LogP contribution in [-0.4, -0.2) is 25.0 Å². The Balaban J connectivity index is 1.76. The molecule has 0 aliphatic carbocycles. The second-order valence-electron chi connectivity index (χ2n) is 5.43. The van der Waals surface area contributed by atoms with Gasteiger partial charge in [-0.2, -0.15) is 0 Å². The van der Waals surface area contributed by atoms with Gasteiger partial charge in [-0.25, -0.2) is 4.39 Å². The van der Waals surface area contributed by atoms with Gasteiger partial charge in [-0.05, 0) is 57.0 Å². The molecule has 20 heavy (non-hydrogen) atoms. The molecular formula is C16H24FNOS. The lowest BCUT2D eigenvalue weighted by Crippen LogP contribution is -2.26. The molecule has 0 aromatic heterocycles. The van der Waals surface area contributed by atoms with Gasteiger partial charge in [0.1, 0.15) is 5.82 Å². The van der Waals surface area contributed by atoms with Crippen molar-refractivity contribution in [2.75, 3.05) is 18.9 Å². The zero-order chi connectivity index (χ0) is 14.4. The van der Waals surface area contributed by atoms with Crippen molar-refractivity contribution in [1.82, 2.24) is 5.32 Å². The fourth-order valence-electron chi connectivity index (χ4n) is 2.42. The molecular weight excluding hydrogens is 273 g/mol. The second-order valence-corrected chi connectivity index (χ2v) is 6.53. The number of rotatable bonds is 7. The molecule has 0 spiro atoms. The third kappa shape index (κ3) is 4.47. The van der Waals surface area contributed by atoms with E-state index >= 15 is 0 Å². The Bertz CT molecular complexity index is 425. The van der Waals surface area contributed by atoms with Crippen molar-refractivity contribution in [3.05, 3.63) is 29.6 Å². The van der Waals surface area contributed by atoms with Gasteiger partial charge in [-0.3, -0.25) is 0 Å². The van der Waals surface area contributed by atoms with Gasteiger partial charge in [0.05, 0.1) is 6.10 Å². The fraction of sp³-hybridized carbons (Fsp3) is 0.625. The minimum absolute atomic E-state index is 0.0793. The van der Waals surface area contributed by atoms with E-state index < -0.39 is 0 Å². The number of thioether (sulfide) groups is 1. The van der Waals surface area contributed by atoms with Gasteiger partial charge < -0.3 is 10.1 Å². The Hall–Kier alpha value is -0.580. The SMILES string of the molecule is CC(C)OCCCCNC1CCSc2c(F)cccc21. The van der Waals surface area contributed by atoms with E-state index in [0.29, 0.717) is 12.1 Å². The van der Waals surface area contributed by atoms with E-state index in [4.69, 9.17) is 4.74 Å². The molecule has 1 unspecified atom stereocenters. The number of nitrogens with one attached hydrogen (secondary N) is 1. The molecule has 0 radical (unpaired) electrons. The number of unbranched alkanes of at least 4 members (excludes halogenated alkanes) is 1. The van der Waals surface area contributed by atoms with Crippen LogP contribution >= 0.6 is 11.8 Å². The van der Waals surface area contributed by atoms with E-state index in [1.54, 1.807) is 17.8 Å². The second kappa shape index (κ2) is 8.01. The van der Waals surface area contributed by atoms with Crippen LogP contribution in [0, 0.1) is 5.82 Å². The smallest absolute Gasteiger partial charge is 0.137 e. The molecule has 1 N–H and O–H groups in total. The summed E-state index contributed by atoms with van der Waals surface area (Å²) in [5, 5.41) is 3.56. The van der Waals surface area contributed by atoms with E-state index in [0.717, 1.165) is 48.6 Å². The number of ether oxygens (including phenoxy) is 1. The average molecular weight is 297 g/mol. The number of benzene rings is 1. The van der Waals surface area contributed by atoms with Crippen molar-refractivity contribution in [2.24, 2.45) is 0 Å². The van der Waals surface area contributed by atoms with Gasteiger partial charge in [-0.15, -0.1) is 11.8 Å². The summed E-state index contributed by atoms with van der Waals surface area (Å²) in [5.41, 5.74) is 1.12. The molecule has 1 aliphatic rings. The molecule has 1 atom stereocenters. The normalized spacial score (nSPS) is 18.3. The quantitative estimate of drug-likeness (QED) is 0.764. The van der Waals surface area contributed by atoms with Crippen LogP contribution in [0.5, 0.6) is 0 Å². The van der Waals surface area contributed by atoms with Crippen LogP contribution in [0.4, 0.5) is 4.39 Å². The van der Waals surface area contributed by atoms with Gasteiger partial charge in [0.25, 0.3) is 0 Å². The molecule has 1 heterocycles. The number of fused-ring (bicyclic) bond motifs is 1. The molecule has 0 fully saturated rings. The maximum Gasteiger partial charge on any atom is 0.137 e. The molecule has 4 heteroatoms. The summed E-state index contributed by atoms with van der Waals surface area (Å²) in [7, 11) is 0. The molecule has 0 saturated carbocycles. The van der Waals surface area contributed by atoms with Crippen molar-refractivity contribution < 1.29 is 9.13 Å². The highest BCUT2D eigenvalue weighted by atomic mass is 32.2. The summed E-state index contributed by atoms with van der Waals surface area (Å²) in [6.07, 6.45) is 3.56. The molecule has 0 bridgehead atoms. The third-order valence-electron chi connectivity index (χ3n) is 3.44. The zero-order valence-electron chi connectivity index (χ0n) is 12.3. The molecule has 0 saturated heterocycles. The third-order valence-corrected chi connectivity index (χ3v) is 4.60. The summed E-state index contributed by atoms with van der Waals surface area (Å²) in [6, 6.07) is 5.71. The Morgan fingerprint density at radius 2 is 2.25 bits per heavy atom. The average Bonchev–Trinajstić information content (AvgIpc) is 2.43. The van der Waals surface area contributed by atoms with Crippen LogP contribution in [0.1, 0.15) is 44.7 Å². The van der Waals surface area contributed by atoms with E-state index in [9.17, 15) is 4.39 Å². The van der Waals surface area contributed by atoms with E-state index in [2.05, 4.69) is 19.2 Å². The number of halogens is 1. The monoisotopic (exact) mass is 297 g/mol. The highest BCUT2D eigenvalue weighted by Gasteiger charge is 2.22. The Kier molecular flexibility index (Phi) is 6.33. The molecule has 1 aromatic carbocycles. The highest BCUT2D eigenvalue weighted by Crippen LogP contribution is 2.37. The molecule has 2 rings (SSSR count). The summed E-state index contributed by atoms with van der Waals surface area (Å²) in [6.45, 7) is 5.91. The lowest BCUT2D eigenvalue weighted by atomic mass is 10.0. The first-order valence-electron chi connectivity index (χ1n) is 7.44. The number of hydrogen-bond acceptors (Lipinski definition) is 3. The Morgan fingerprint density at radius 3 is 3.05 bits per heavy atom. The first kappa shape index (κ1) is 15.8. The van der Waals surface area contributed by atoms with Crippen LogP contribution in [0.15, 0.2) is 23.1 Å². The van der Waals surface area contributed by atoms with Crippen LogP contribution in [0.25, 0.3) is 0 Å². The predicted octanol–water partition coefficient (Wildman–Crippen LogP) is 4.16. The van der Waals surface area contributed by atoms with Gasteiger partial charge in [-0.1, -0.05) is 12.1 Å². The Labute approximate surface area is 125 Å².